The van der Waals surface area contributed by atoms with Gasteiger partial charge in [-0.3, -0.25) is 0 Å². The molecule has 0 radical (unpaired) electrons. The zero-order chi connectivity index (χ0) is 25.7. The van der Waals surface area contributed by atoms with Crippen LogP contribution in [0.15, 0.2) is 125 Å². The molecule has 186 valence electrons. The minimum absolute atomic E-state index is 0.460. The van der Waals surface area contributed by atoms with Crippen LogP contribution in [0.25, 0.3) is 22.1 Å². The molecular weight excluding hydrogens is 472 g/mol. The Balaban J connectivity index is 1.27. The Morgan fingerprint density at radius 1 is 0.658 bits per heavy atom. The van der Waals surface area contributed by atoms with Crippen molar-refractivity contribution in [1.29, 1.82) is 0 Å². The van der Waals surface area contributed by atoms with Crippen LogP contribution >= 0.6 is 0 Å². The Bertz CT molecular complexity index is 1750. The summed E-state index contributed by atoms with van der Waals surface area (Å²) < 4.78 is 4.17. The lowest BCUT2D eigenvalue weighted by atomic mass is 10.2. The summed E-state index contributed by atoms with van der Waals surface area (Å²) in [6.07, 6.45) is 0. The second-order valence-electron chi connectivity index (χ2n) is 8.94. The van der Waals surface area contributed by atoms with Gasteiger partial charge in [-0.2, -0.15) is 5.10 Å². The number of rotatable bonds is 7. The van der Waals surface area contributed by atoms with Gasteiger partial charge in [0.1, 0.15) is 0 Å². The lowest BCUT2D eigenvalue weighted by molar-refractivity contribution is 0.816. The smallest absolute Gasteiger partial charge is 0.250 e. The van der Waals surface area contributed by atoms with Crippen molar-refractivity contribution in [2.45, 2.75) is 20.0 Å². The van der Waals surface area contributed by atoms with Gasteiger partial charge in [0, 0.05) is 0 Å². The second kappa shape index (κ2) is 10.5. The molecule has 0 saturated carbocycles. The number of benzene rings is 4. The summed E-state index contributed by atoms with van der Waals surface area (Å²) >= 11 is 0. The summed E-state index contributed by atoms with van der Waals surface area (Å²) in [4.78, 5) is 9.44. The van der Waals surface area contributed by atoms with Crippen LogP contribution in [0.1, 0.15) is 18.1 Å². The average molecular weight is 499 g/mol. The highest BCUT2D eigenvalue weighted by Gasteiger charge is 2.12. The van der Waals surface area contributed by atoms with Crippen molar-refractivity contribution >= 4 is 39.8 Å². The summed E-state index contributed by atoms with van der Waals surface area (Å²) in [5.74, 6) is 1.63. The third kappa shape index (κ3) is 4.92. The number of azo groups is 1. The van der Waals surface area contributed by atoms with Crippen LogP contribution in [-0.4, -0.2) is 24.9 Å². The van der Waals surface area contributed by atoms with Crippen molar-refractivity contribution in [2.24, 2.45) is 15.3 Å². The first-order chi connectivity index (χ1) is 18.7. The molecule has 0 amide bonds. The normalized spacial score (nSPS) is 12.1. The molecule has 0 spiro atoms. The second-order valence-corrected chi connectivity index (χ2v) is 8.94. The fourth-order valence-corrected chi connectivity index (χ4v) is 4.42. The Morgan fingerprint density at radius 2 is 1.18 bits per heavy atom. The van der Waals surface area contributed by atoms with Crippen molar-refractivity contribution in [3.63, 3.8) is 0 Å². The predicted molar refractivity (Wildman–Crippen MR) is 152 cm³/mol. The highest BCUT2D eigenvalue weighted by Crippen LogP contribution is 2.24. The topological polar surface area (TPSA) is 84.8 Å². The van der Waals surface area contributed by atoms with E-state index in [1.807, 2.05) is 78.9 Å². The molecule has 8 nitrogen and oxygen atoms in total. The molecule has 2 aromatic heterocycles. The maximum Gasteiger partial charge on any atom is 0.250 e. The van der Waals surface area contributed by atoms with E-state index in [1.54, 1.807) is 6.92 Å². The van der Waals surface area contributed by atoms with Gasteiger partial charge in [-0.15, -0.1) is 10.2 Å². The molecule has 0 aliphatic heterocycles. The van der Waals surface area contributed by atoms with Gasteiger partial charge < -0.3 is 9.13 Å². The summed E-state index contributed by atoms with van der Waals surface area (Å²) in [5, 5.41) is 13.3. The molecule has 1 N–H and O–H groups in total. The standard InChI is InChI=1S/C30H26N8/c1-22(33-35-29-31-25-16-8-10-18-27(25)37(29)20-23-12-4-2-5-13-23)34-36-30-32-26-17-9-11-19-28(26)38(30)21-24-14-6-3-7-15-24/h2-19H,20-21H2,1H3,(H,31,35)/b33-22+,36-34?. The number of para-hydroxylation sites is 4. The van der Waals surface area contributed by atoms with Crippen LogP contribution in [0, 0.1) is 0 Å². The number of hydrazone groups is 1. The van der Waals surface area contributed by atoms with Gasteiger partial charge in [-0.05, 0) is 42.3 Å². The van der Waals surface area contributed by atoms with Gasteiger partial charge >= 0.3 is 0 Å². The molecule has 0 aliphatic rings. The van der Waals surface area contributed by atoms with E-state index in [-0.39, 0.29) is 0 Å². The Hall–Kier alpha value is -5.11. The Morgan fingerprint density at radius 3 is 1.84 bits per heavy atom. The van der Waals surface area contributed by atoms with Crippen molar-refractivity contribution in [2.75, 3.05) is 5.43 Å². The Kier molecular flexibility index (Phi) is 6.42. The SMILES string of the molecule is C/C(N=Nc1nc2ccccc2n1Cc1ccccc1)=N\Nc1nc2ccccc2n1Cc1ccccc1. The van der Waals surface area contributed by atoms with Crippen LogP contribution in [0.2, 0.25) is 0 Å². The summed E-state index contributed by atoms with van der Waals surface area (Å²) in [6.45, 7) is 3.11. The monoisotopic (exact) mass is 498 g/mol. The van der Waals surface area contributed by atoms with E-state index in [0.29, 0.717) is 30.8 Å². The molecule has 0 aliphatic carbocycles. The Labute approximate surface area is 220 Å². The van der Waals surface area contributed by atoms with Gasteiger partial charge in [-0.1, -0.05) is 84.9 Å². The number of fused-ring (bicyclic) bond motifs is 2. The number of anilines is 1. The lowest BCUT2D eigenvalue weighted by Crippen LogP contribution is -2.06. The van der Waals surface area contributed by atoms with E-state index in [0.717, 1.165) is 27.6 Å². The zero-order valence-electron chi connectivity index (χ0n) is 20.9. The lowest BCUT2D eigenvalue weighted by Gasteiger charge is -2.09. The van der Waals surface area contributed by atoms with E-state index < -0.39 is 0 Å². The molecule has 6 aromatic rings. The van der Waals surface area contributed by atoms with Crippen molar-refractivity contribution in [3.8, 4) is 0 Å². The number of nitrogens with one attached hydrogen (secondary N) is 1. The average Bonchev–Trinajstić information content (AvgIpc) is 3.49. The number of hydrogen-bond donors (Lipinski definition) is 1. The number of imidazole rings is 2. The molecule has 0 fully saturated rings. The molecular formula is C30H26N8. The van der Waals surface area contributed by atoms with E-state index >= 15 is 0 Å². The van der Waals surface area contributed by atoms with Crippen LogP contribution < -0.4 is 5.43 Å². The molecule has 8 heteroatoms. The number of amidine groups is 1. The fraction of sp³-hybridized carbons (Fsp3) is 0.100. The quantitative estimate of drug-likeness (QED) is 0.111. The van der Waals surface area contributed by atoms with Gasteiger partial charge in [0.2, 0.25) is 5.95 Å². The van der Waals surface area contributed by atoms with Crippen LogP contribution in [-0.2, 0) is 13.1 Å². The van der Waals surface area contributed by atoms with Crippen LogP contribution in [0.5, 0.6) is 0 Å². The molecule has 0 atom stereocenters. The first kappa shape index (κ1) is 23.3. The first-order valence-corrected chi connectivity index (χ1v) is 12.4. The first-order valence-electron chi connectivity index (χ1n) is 12.4. The molecule has 38 heavy (non-hydrogen) atoms. The van der Waals surface area contributed by atoms with E-state index in [1.165, 1.54) is 5.56 Å². The number of aromatic nitrogens is 4. The molecule has 6 rings (SSSR count). The molecule has 0 saturated heterocycles. The summed E-state index contributed by atoms with van der Waals surface area (Å²) in [6, 6.07) is 36.6. The molecule has 0 bridgehead atoms. The van der Waals surface area contributed by atoms with Gasteiger partial charge in [0.05, 0.1) is 35.2 Å². The summed E-state index contributed by atoms with van der Waals surface area (Å²) in [5.41, 5.74) is 9.25. The van der Waals surface area contributed by atoms with E-state index in [9.17, 15) is 0 Å². The minimum atomic E-state index is 0.460. The number of nitrogens with zero attached hydrogens (tertiary/aromatic N) is 7. The van der Waals surface area contributed by atoms with Crippen LogP contribution in [0.4, 0.5) is 11.9 Å². The molecule has 4 aromatic carbocycles. The zero-order valence-corrected chi connectivity index (χ0v) is 20.9. The van der Waals surface area contributed by atoms with Gasteiger partial charge in [-0.25, -0.2) is 15.4 Å². The maximum atomic E-state index is 4.74. The highest BCUT2D eigenvalue weighted by atomic mass is 15.4. The van der Waals surface area contributed by atoms with E-state index in [4.69, 9.17) is 9.97 Å². The van der Waals surface area contributed by atoms with E-state index in [2.05, 4.69) is 60.2 Å². The fourth-order valence-electron chi connectivity index (χ4n) is 4.42. The number of hydrogen-bond acceptors (Lipinski definition) is 5. The van der Waals surface area contributed by atoms with Gasteiger partial charge in [0.15, 0.2) is 5.84 Å². The van der Waals surface area contributed by atoms with Crippen molar-refractivity contribution < 1.29 is 0 Å². The predicted octanol–water partition coefficient (Wildman–Crippen LogP) is 7.01. The third-order valence-corrected chi connectivity index (χ3v) is 6.26. The molecule has 0 unspecified atom stereocenters. The molecule has 2 heterocycles. The highest BCUT2D eigenvalue weighted by molar-refractivity contribution is 5.82. The van der Waals surface area contributed by atoms with Crippen molar-refractivity contribution in [3.05, 3.63) is 120 Å². The van der Waals surface area contributed by atoms with Crippen molar-refractivity contribution in [1.82, 2.24) is 19.1 Å². The van der Waals surface area contributed by atoms with Crippen LogP contribution in [0.3, 0.4) is 0 Å². The minimum Gasteiger partial charge on any atom is -0.304 e. The third-order valence-electron chi connectivity index (χ3n) is 6.26. The summed E-state index contributed by atoms with van der Waals surface area (Å²) in [7, 11) is 0. The maximum absolute atomic E-state index is 4.74. The largest absolute Gasteiger partial charge is 0.304 e. The van der Waals surface area contributed by atoms with Gasteiger partial charge in [0.25, 0.3) is 5.95 Å².